The molecule has 0 unspecified atom stereocenters. The first kappa shape index (κ1) is 49.6. The Hall–Kier alpha value is -7.78. The third-order valence-electron chi connectivity index (χ3n) is 12.2. The van der Waals surface area contributed by atoms with Crippen molar-refractivity contribution in [2.45, 2.75) is 50.4 Å². The highest BCUT2D eigenvalue weighted by molar-refractivity contribution is 7.10. The molecule has 0 spiro atoms. The van der Waals surface area contributed by atoms with E-state index in [-0.39, 0.29) is 22.3 Å². The molecule has 6 heterocycles. The Balaban J connectivity index is 0.000000159. The van der Waals surface area contributed by atoms with E-state index in [0.717, 1.165) is 77.0 Å². The molecule has 2 aliphatic heterocycles. The predicted octanol–water partition coefficient (Wildman–Crippen LogP) is 8.95. The molecular formula is C52H48N10O7S2. The van der Waals surface area contributed by atoms with Gasteiger partial charge in [0.15, 0.2) is 0 Å². The number of carbonyl (C=O) groups excluding carboxylic acids is 1. The van der Waals surface area contributed by atoms with E-state index < -0.39 is 5.97 Å². The Labute approximate surface area is 417 Å². The molecule has 4 aromatic carbocycles. The number of aromatic nitrogens is 6. The number of thiazole rings is 2. The molecule has 0 radical (unpaired) electrons. The second kappa shape index (κ2) is 22.8. The van der Waals surface area contributed by atoms with Crippen LogP contribution in [0, 0.1) is 36.5 Å². The molecule has 0 bridgehead atoms. The van der Waals surface area contributed by atoms with E-state index in [4.69, 9.17) is 49.9 Å². The van der Waals surface area contributed by atoms with Gasteiger partial charge in [0.2, 0.25) is 23.4 Å². The fourth-order valence-corrected chi connectivity index (χ4v) is 10.2. The predicted molar refractivity (Wildman–Crippen MR) is 265 cm³/mol. The van der Waals surface area contributed by atoms with Crippen LogP contribution in [0.25, 0.3) is 45.3 Å². The number of aryl methyl sites for hydroxylation is 2. The third kappa shape index (κ3) is 12.0. The number of rotatable bonds is 11. The molecule has 2 fully saturated rings. The van der Waals surface area contributed by atoms with Gasteiger partial charge < -0.3 is 34.7 Å². The number of aromatic carboxylic acids is 1. The summed E-state index contributed by atoms with van der Waals surface area (Å²) < 4.78 is 21.0. The van der Waals surface area contributed by atoms with E-state index in [2.05, 4.69) is 43.1 Å². The van der Waals surface area contributed by atoms with Gasteiger partial charge in [-0.25, -0.2) is 14.8 Å². The van der Waals surface area contributed by atoms with Gasteiger partial charge in [0.05, 0.1) is 40.2 Å². The average molecular weight is 989 g/mol. The molecule has 1 amide bonds. The fraction of sp³-hybridized carbons (Fsp3) is 0.269. The maximum Gasteiger partial charge on any atom is 0.335 e. The van der Waals surface area contributed by atoms with Gasteiger partial charge >= 0.3 is 5.97 Å². The summed E-state index contributed by atoms with van der Waals surface area (Å²) in [5.74, 6) is 0.636. The minimum Gasteiger partial charge on any atom is -0.478 e. The molecule has 2 aliphatic rings. The normalized spacial score (nSPS) is 14.6. The van der Waals surface area contributed by atoms with Crippen LogP contribution in [-0.4, -0.2) is 86.7 Å². The summed E-state index contributed by atoms with van der Waals surface area (Å²) in [5.41, 5.74) is 12.9. The molecular weight excluding hydrogens is 941 g/mol. The van der Waals surface area contributed by atoms with Crippen molar-refractivity contribution in [3.05, 3.63) is 152 Å². The van der Waals surface area contributed by atoms with Gasteiger partial charge in [0, 0.05) is 103 Å². The second-order valence-corrected chi connectivity index (χ2v) is 18.6. The van der Waals surface area contributed by atoms with Crippen molar-refractivity contribution in [1.29, 1.82) is 10.5 Å². The molecule has 0 aliphatic carbocycles. The molecule has 10 rings (SSSR count). The number of benzene rings is 4. The fourth-order valence-electron chi connectivity index (χ4n) is 8.00. The van der Waals surface area contributed by atoms with Crippen LogP contribution in [0.15, 0.2) is 117 Å². The van der Waals surface area contributed by atoms with E-state index in [1.165, 1.54) is 12.1 Å². The van der Waals surface area contributed by atoms with E-state index in [1.807, 2.05) is 53.9 Å². The number of hydrogen-bond acceptors (Lipinski definition) is 17. The highest BCUT2D eigenvalue weighted by atomic mass is 32.1. The molecule has 4 N–H and O–H groups in total. The Kier molecular flexibility index (Phi) is 15.9. The summed E-state index contributed by atoms with van der Waals surface area (Å²) in [7, 11) is 0. The minimum absolute atomic E-state index is 0.0340. The molecule has 2 saturated heterocycles. The van der Waals surface area contributed by atoms with Gasteiger partial charge in [-0.2, -0.15) is 20.5 Å². The van der Waals surface area contributed by atoms with Crippen molar-refractivity contribution in [2.24, 2.45) is 5.73 Å². The zero-order valence-electron chi connectivity index (χ0n) is 38.8. The summed E-state index contributed by atoms with van der Waals surface area (Å²) in [6, 6.07) is 32.8. The Morgan fingerprint density at radius 3 is 1.54 bits per heavy atom. The monoisotopic (exact) mass is 988 g/mol. The Morgan fingerprint density at radius 2 is 1.10 bits per heavy atom. The summed E-state index contributed by atoms with van der Waals surface area (Å²) in [6.07, 6.45) is 3.42. The van der Waals surface area contributed by atoms with E-state index in [1.54, 1.807) is 72.9 Å². The molecule has 360 valence electrons. The zero-order valence-corrected chi connectivity index (χ0v) is 40.5. The molecule has 19 heteroatoms. The van der Waals surface area contributed by atoms with Crippen molar-refractivity contribution in [3.63, 3.8) is 0 Å². The highest BCUT2D eigenvalue weighted by Crippen LogP contribution is 2.39. The molecule has 0 atom stereocenters. The molecule has 8 aromatic rings. The van der Waals surface area contributed by atoms with Gasteiger partial charge in [0.25, 0.3) is 5.91 Å². The minimum atomic E-state index is -0.975. The lowest BCUT2D eigenvalue weighted by atomic mass is 9.80. The first-order valence-electron chi connectivity index (χ1n) is 22.6. The summed E-state index contributed by atoms with van der Waals surface area (Å²) in [6.45, 7) is 7.22. The van der Waals surface area contributed by atoms with Gasteiger partial charge in [-0.1, -0.05) is 58.8 Å². The maximum atomic E-state index is 13.1. The number of amides is 1. The van der Waals surface area contributed by atoms with Crippen LogP contribution in [0.5, 0.6) is 0 Å². The lowest BCUT2D eigenvalue weighted by Crippen LogP contribution is -2.44. The summed E-state index contributed by atoms with van der Waals surface area (Å²) in [5, 5.41) is 43.7. The second-order valence-electron chi connectivity index (χ2n) is 16.9. The van der Waals surface area contributed by atoms with E-state index in [9.17, 15) is 9.59 Å². The summed E-state index contributed by atoms with van der Waals surface area (Å²) >= 11 is 3.27. The number of carboxylic acid groups (broad SMARTS) is 1. The van der Waals surface area contributed by atoms with Gasteiger partial charge in [-0.05, 0) is 74.2 Å². The number of nitrogens with two attached hydrogens (primary N) is 1. The molecule has 4 aromatic heterocycles. The number of nitriles is 2. The lowest BCUT2D eigenvalue weighted by molar-refractivity contribution is 0.0486. The number of carboxylic acids is 1. The first-order chi connectivity index (χ1) is 34.5. The van der Waals surface area contributed by atoms with Crippen molar-refractivity contribution in [3.8, 4) is 57.4 Å². The van der Waals surface area contributed by atoms with Crippen LogP contribution < -0.4 is 11.1 Å². The van der Waals surface area contributed by atoms with Gasteiger partial charge in [0.1, 0.15) is 10.0 Å². The third-order valence-corrected chi connectivity index (χ3v) is 14.4. The van der Waals surface area contributed by atoms with Crippen molar-refractivity contribution < 1.29 is 33.2 Å². The van der Waals surface area contributed by atoms with Crippen LogP contribution in [0.4, 0.5) is 0 Å². The molecule has 0 saturated carbocycles. The van der Waals surface area contributed by atoms with Crippen LogP contribution in [-0.2, 0) is 20.3 Å². The van der Waals surface area contributed by atoms with Crippen LogP contribution in [0.2, 0.25) is 0 Å². The maximum absolute atomic E-state index is 13.1. The number of ether oxygens (including phenoxy) is 2. The lowest BCUT2D eigenvalue weighted by Gasteiger charge is -2.35. The standard InChI is InChI=1S/C26H23N5O3S.C16H17N3OS.C10H8N2O3/c1-17-29-23(31-34-17)20-3-2-4-21(13-20)24(32)28-16-26(9-11-33-12-10-26)25-30-22(15-35-25)19-7-5-18(14-27)6-8-19;17-9-12-1-3-13(4-2-12)14-10-21-15(19-14)16(11-18)5-7-20-8-6-16;1-6-11-9(12-15-6)7-3-2-4-8(5-7)10(13)14/h2-8,13,15H,9-12,16H2,1H3,(H,28,32);1-4,10H,5-8,11,18H2;2-5H,1H3,(H,13,14). The Morgan fingerprint density at radius 1 is 0.648 bits per heavy atom. The van der Waals surface area contributed by atoms with Gasteiger partial charge in [-0.15, -0.1) is 22.7 Å². The quantitative estimate of drug-likeness (QED) is 0.109. The van der Waals surface area contributed by atoms with Crippen molar-refractivity contribution in [2.75, 3.05) is 39.5 Å². The number of hydrogen-bond donors (Lipinski definition) is 3. The number of nitrogens with zero attached hydrogens (tertiary/aromatic N) is 8. The smallest absolute Gasteiger partial charge is 0.335 e. The first-order valence-corrected chi connectivity index (χ1v) is 24.4. The van der Waals surface area contributed by atoms with Crippen LogP contribution in [0.1, 0.15) is 79.3 Å². The summed E-state index contributed by atoms with van der Waals surface area (Å²) in [4.78, 5) is 41.8. The van der Waals surface area contributed by atoms with Crippen molar-refractivity contribution >= 4 is 34.6 Å². The average Bonchev–Trinajstić information content (AvgIpc) is 4.28. The van der Waals surface area contributed by atoms with E-state index >= 15 is 0 Å². The number of nitrogens with one attached hydrogen (secondary N) is 1. The number of carbonyl (C=O) groups is 2. The van der Waals surface area contributed by atoms with Crippen molar-refractivity contribution in [1.82, 2.24) is 35.6 Å². The SMILES string of the molecule is Cc1nc(-c2cccc(C(=O)NCC3(c4nc(-c5ccc(C#N)cc5)cs4)CCOCC3)c2)no1.Cc1nc(-c2cccc(C(=O)O)c2)no1.N#Cc1ccc(-c2csc(C3(CN)CCOCC3)n2)cc1. The van der Waals surface area contributed by atoms with E-state index in [0.29, 0.717) is 72.0 Å². The highest BCUT2D eigenvalue weighted by Gasteiger charge is 2.38. The largest absolute Gasteiger partial charge is 0.478 e. The Bertz CT molecular complexity index is 3170. The van der Waals surface area contributed by atoms with Gasteiger partial charge in [-0.3, -0.25) is 4.79 Å². The molecule has 17 nitrogen and oxygen atoms in total. The van der Waals surface area contributed by atoms with Crippen LogP contribution >= 0.6 is 22.7 Å². The molecule has 71 heavy (non-hydrogen) atoms. The topological polar surface area (TPSA) is 262 Å². The van der Waals surface area contributed by atoms with Crippen LogP contribution in [0.3, 0.4) is 0 Å². The zero-order chi connectivity index (χ0) is 49.8.